The van der Waals surface area contributed by atoms with E-state index < -0.39 is 47.2 Å². The van der Waals surface area contributed by atoms with Gasteiger partial charge in [-0.25, -0.2) is 4.79 Å². The molecular formula is C30H23F6NO3. The molecule has 3 aromatic carbocycles. The van der Waals surface area contributed by atoms with Crippen LogP contribution in [-0.4, -0.2) is 42.9 Å². The summed E-state index contributed by atoms with van der Waals surface area (Å²) in [5.41, 5.74) is 0.420. The van der Waals surface area contributed by atoms with Gasteiger partial charge in [0.2, 0.25) is 0 Å². The molecule has 1 fully saturated rings. The van der Waals surface area contributed by atoms with Crippen molar-refractivity contribution in [1.29, 1.82) is 0 Å². The molecule has 6 rings (SSSR count). The van der Waals surface area contributed by atoms with Crippen LogP contribution >= 0.6 is 0 Å². The number of alkyl halides is 6. The van der Waals surface area contributed by atoms with Crippen LogP contribution in [-0.2, 0) is 21.8 Å². The van der Waals surface area contributed by atoms with E-state index in [1.165, 1.54) is 11.0 Å². The lowest BCUT2D eigenvalue weighted by Gasteiger charge is -2.44. The van der Waals surface area contributed by atoms with Crippen LogP contribution in [0.3, 0.4) is 0 Å². The number of rotatable bonds is 3. The fourth-order valence-corrected chi connectivity index (χ4v) is 6.11. The Morgan fingerprint density at radius 1 is 0.825 bits per heavy atom. The van der Waals surface area contributed by atoms with Gasteiger partial charge in [0.1, 0.15) is 6.61 Å². The Bertz CT molecular complexity index is 1420. The van der Waals surface area contributed by atoms with Crippen LogP contribution in [0.5, 0.6) is 0 Å². The highest BCUT2D eigenvalue weighted by molar-refractivity contribution is 5.80. The van der Waals surface area contributed by atoms with Crippen molar-refractivity contribution in [2.75, 3.05) is 19.8 Å². The summed E-state index contributed by atoms with van der Waals surface area (Å²) in [6.07, 6.45) is -9.64. The Morgan fingerprint density at radius 2 is 1.40 bits per heavy atom. The van der Waals surface area contributed by atoms with Crippen LogP contribution in [0.15, 0.2) is 72.8 Å². The first-order valence-corrected chi connectivity index (χ1v) is 12.7. The van der Waals surface area contributed by atoms with Gasteiger partial charge in [-0.1, -0.05) is 60.7 Å². The lowest BCUT2D eigenvalue weighted by atomic mass is 9.85. The van der Waals surface area contributed by atoms with Gasteiger partial charge in [-0.2, -0.15) is 26.3 Å². The van der Waals surface area contributed by atoms with Crippen molar-refractivity contribution < 1.29 is 40.6 Å². The highest BCUT2D eigenvalue weighted by Crippen LogP contribution is 2.47. The maximum absolute atomic E-state index is 13.8. The van der Waals surface area contributed by atoms with Gasteiger partial charge in [0.25, 0.3) is 0 Å². The minimum Gasteiger partial charge on any atom is -0.448 e. The number of morpholine rings is 1. The number of benzene rings is 3. The van der Waals surface area contributed by atoms with Crippen molar-refractivity contribution >= 4 is 11.7 Å². The van der Waals surface area contributed by atoms with E-state index in [9.17, 15) is 31.1 Å². The van der Waals surface area contributed by atoms with E-state index in [0.29, 0.717) is 12.1 Å². The van der Waals surface area contributed by atoms with Crippen LogP contribution in [0.25, 0.3) is 16.7 Å². The van der Waals surface area contributed by atoms with Gasteiger partial charge in [-0.05, 0) is 46.4 Å². The molecule has 10 heteroatoms. The molecule has 4 nitrogen and oxygen atoms in total. The summed E-state index contributed by atoms with van der Waals surface area (Å²) in [6, 6.07) is 16.0. The second-order valence-corrected chi connectivity index (χ2v) is 10.1. The lowest BCUT2D eigenvalue weighted by Crippen LogP contribution is -2.56. The molecule has 2 heterocycles. The Labute approximate surface area is 225 Å². The van der Waals surface area contributed by atoms with Crippen LogP contribution in [0.2, 0.25) is 0 Å². The van der Waals surface area contributed by atoms with E-state index in [2.05, 4.69) is 0 Å². The normalized spacial score (nSPS) is 20.6. The predicted octanol–water partition coefficient (Wildman–Crippen LogP) is 7.53. The molecular weight excluding hydrogens is 536 g/mol. The van der Waals surface area contributed by atoms with E-state index in [0.717, 1.165) is 28.3 Å². The van der Waals surface area contributed by atoms with Crippen molar-refractivity contribution in [1.82, 2.24) is 4.90 Å². The molecule has 2 atom stereocenters. The maximum Gasteiger partial charge on any atom is 0.417 e. The molecule has 0 aromatic heterocycles. The molecule has 0 spiro atoms. The molecule has 0 radical (unpaired) electrons. The summed E-state index contributed by atoms with van der Waals surface area (Å²) in [7, 11) is 0. The molecule has 1 amide bonds. The standard InChI is InChI=1S/C30H23F6NO3/c31-29(32,33)25-10-5-11-26(30(34,35)36)27(25)17-12-18-14-39-15-19(13-17)37(18)28(38)40-16-24-22-8-3-1-6-20(22)21-7-2-4-9-23(21)24/h1-12,18-19,24H,13-16H2. The first-order valence-electron chi connectivity index (χ1n) is 12.7. The fraction of sp³-hybridized carbons (Fsp3) is 0.300. The smallest absolute Gasteiger partial charge is 0.417 e. The molecule has 1 saturated heterocycles. The zero-order chi connectivity index (χ0) is 28.2. The van der Waals surface area contributed by atoms with Crippen LogP contribution in [0.4, 0.5) is 31.1 Å². The van der Waals surface area contributed by atoms with Gasteiger partial charge in [0.15, 0.2) is 0 Å². The number of carbonyl (C=O) groups is 1. The minimum atomic E-state index is -4.99. The summed E-state index contributed by atoms with van der Waals surface area (Å²) in [6.45, 7) is -0.0668. The number of amides is 1. The van der Waals surface area contributed by atoms with Crippen molar-refractivity contribution in [3.8, 4) is 11.1 Å². The number of hydrogen-bond acceptors (Lipinski definition) is 3. The quantitative estimate of drug-likeness (QED) is 0.312. The highest BCUT2D eigenvalue weighted by Gasteiger charge is 2.45. The average Bonchev–Trinajstić information content (AvgIpc) is 3.23. The van der Waals surface area contributed by atoms with E-state index in [1.807, 2.05) is 48.5 Å². The molecule has 2 aliphatic heterocycles. The number of nitrogens with zero attached hydrogens (tertiary/aromatic N) is 1. The van der Waals surface area contributed by atoms with Gasteiger partial charge in [-0.15, -0.1) is 0 Å². The number of hydrogen-bond donors (Lipinski definition) is 0. The van der Waals surface area contributed by atoms with Crippen LogP contribution in [0, 0.1) is 0 Å². The third kappa shape index (κ3) is 4.54. The summed E-state index contributed by atoms with van der Waals surface area (Å²) >= 11 is 0. The summed E-state index contributed by atoms with van der Waals surface area (Å²) in [5, 5.41) is 0. The Kier molecular flexibility index (Phi) is 6.40. The van der Waals surface area contributed by atoms with E-state index in [-0.39, 0.29) is 37.7 Å². The molecule has 3 aromatic rings. The van der Waals surface area contributed by atoms with Gasteiger partial charge < -0.3 is 9.47 Å². The van der Waals surface area contributed by atoms with Crippen molar-refractivity contribution in [3.63, 3.8) is 0 Å². The number of carbonyl (C=O) groups excluding carboxylic acids is 1. The topological polar surface area (TPSA) is 38.8 Å². The molecule has 0 saturated carbocycles. The van der Waals surface area contributed by atoms with Crippen molar-refractivity contribution in [3.05, 3.63) is 101 Å². The van der Waals surface area contributed by atoms with Crippen molar-refractivity contribution in [2.45, 2.75) is 36.8 Å². The Hall–Kier alpha value is -3.79. The predicted molar refractivity (Wildman–Crippen MR) is 134 cm³/mol. The molecule has 1 aliphatic carbocycles. The molecule has 2 bridgehead atoms. The number of fused-ring (bicyclic) bond motifs is 5. The minimum absolute atomic E-state index is 0.0342. The summed E-state index contributed by atoms with van der Waals surface area (Å²) < 4.78 is 94.2. The Balaban J connectivity index is 1.29. The highest BCUT2D eigenvalue weighted by atomic mass is 19.4. The van der Waals surface area contributed by atoms with Gasteiger partial charge >= 0.3 is 18.4 Å². The molecule has 2 unspecified atom stereocenters. The average molecular weight is 560 g/mol. The second-order valence-electron chi connectivity index (χ2n) is 10.1. The number of halogens is 6. The van der Waals surface area contributed by atoms with Crippen LogP contribution in [0.1, 0.15) is 40.2 Å². The van der Waals surface area contributed by atoms with Gasteiger partial charge in [0.05, 0.1) is 36.4 Å². The monoisotopic (exact) mass is 559 g/mol. The summed E-state index contributed by atoms with van der Waals surface area (Å²) in [4.78, 5) is 14.7. The number of ether oxygens (including phenoxy) is 2. The van der Waals surface area contributed by atoms with Crippen LogP contribution < -0.4 is 0 Å². The third-order valence-corrected chi connectivity index (χ3v) is 7.74. The third-order valence-electron chi connectivity index (χ3n) is 7.74. The zero-order valence-electron chi connectivity index (χ0n) is 20.9. The maximum atomic E-state index is 13.8. The molecule has 0 N–H and O–H groups in total. The Morgan fingerprint density at radius 3 is 1.95 bits per heavy atom. The van der Waals surface area contributed by atoms with Gasteiger partial charge in [0, 0.05) is 11.5 Å². The molecule has 3 aliphatic rings. The molecule has 208 valence electrons. The van der Waals surface area contributed by atoms with E-state index in [1.54, 1.807) is 0 Å². The first-order chi connectivity index (χ1) is 19.0. The largest absolute Gasteiger partial charge is 0.448 e. The first kappa shape index (κ1) is 26.4. The fourth-order valence-electron chi connectivity index (χ4n) is 6.11. The molecule has 40 heavy (non-hydrogen) atoms. The summed E-state index contributed by atoms with van der Waals surface area (Å²) in [5.74, 6) is -0.198. The SMILES string of the molecule is O=C(OCC1c2ccccc2-c2ccccc21)N1C2C=C(c3c(C(F)(F)F)cccc3C(F)(F)F)CC1COC2. The van der Waals surface area contributed by atoms with Gasteiger partial charge in [-0.3, -0.25) is 4.90 Å². The lowest BCUT2D eigenvalue weighted by molar-refractivity contribution is -0.143. The van der Waals surface area contributed by atoms with Crippen molar-refractivity contribution in [2.24, 2.45) is 0 Å². The second kappa shape index (κ2) is 9.69. The van der Waals surface area contributed by atoms with E-state index >= 15 is 0 Å². The zero-order valence-corrected chi connectivity index (χ0v) is 20.9. The van der Waals surface area contributed by atoms with E-state index in [4.69, 9.17) is 9.47 Å².